The minimum atomic E-state index is 0.353. The summed E-state index contributed by atoms with van der Waals surface area (Å²) in [7, 11) is 0. The SMILES string of the molecule is CCC(C)(C)CNC1COCc2ccccc21. The molecule has 0 bridgehead atoms. The molecule has 1 unspecified atom stereocenters. The van der Waals surface area contributed by atoms with E-state index in [4.69, 9.17) is 4.74 Å². The molecule has 0 aromatic heterocycles. The molecule has 17 heavy (non-hydrogen) atoms. The highest BCUT2D eigenvalue weighted by Gasteiger charge is 2.22. The first-order chi connectivity index (χ1) is 8.12. The van der Waals surface area contributed by atoms with Gasteiger partial charge in [-0.05, 0) is 23.0 Å². The van der Waals surface area contributed by atoms with Crippen LogP contribution in [-0.2, 0) is 11.3 Å². The molecule has 1 aromatic carbocycles. The smallest absolute Gasteiger partial charge is 0.0721 e. The van der Waals surface area contributed by atoms with Gasteiger partial charge in [0.25, 0.3) is 0 Å². The van der Waals surface area contributed by atoms with E-state index < -0.39 is 0 Å². The predicted octanol–water partition coefficient (Wildman–Crippen LogP) is 3.28. The summed E-state index contributed by atoms with van der Waals surface area (Å²) in [6.07, 6.45) is 1.19. The van der Waals surface area contributed by atoms with E-state index in [2.05, 4.69) is 50.4 Å². The fraction of sp³-hybridized carbons (Fsp3) is 0.600. The molecule has 1 aliphatic heterocycles. The number of rotatable bonds is 4. The van der Waals surface area contributed by atoms with E-state index in [1.54, 1.807) is 0 Å². The number of benzene rings is 1. The molecule has 1 aliphatic rings. The highest BCUT2D eigenvalue weighted by atomic mass is 16.5. The van der Waals surface area contributed by atoms with E-state index in [1.165, 1.54) is 17.5 Å². The number of hydrogen-bond acceptors (Lipinski definition) is 2. The number of hydrogen-bond donors (Lipinski definition) is 1. The lowest BCUT2D eigenvalue weighted by Crippen LogP contribution is -2.36. The van der Waals surface area contributed by atoms with Crippen LogP contribution in [0.5, 0.6) is 0 Å². The van der Waals surface area contributed by atoms with Crippen molar-refractivity contribution in [3.63, 3.8) is 0 Å². The Labute approximate surface area is 104 Å². The monoisotopic (exact) mass is 233 g/mol. The summed E-state index contributed by atoms with van der Waals surface area (Å²) in [5.74, 6) is 0. The zero-order valence-corrected chi connectivity index (χ0v) is 11.1. The van der Waals surface area contributed by atoms with Crippen molar-refractivity contribution in [2.24, 2.45) is 5.41 Å². The molecule has 1 heterocycles. The Hall–Kier alpha value is -0.860. The normalized spacial score (nSPS) is 20.1. The van der Waals surface area contributed by atoms with E-state index in [9.17, 15) is 0 Å². The standard InChI is InChI=1S/C15H23NO/c1-4-15(2,3)11-16-14-10-17-9-12-7-5-6-8-13(12)14/h5-8,14,16H,4,9-11H2,1-3H3. The molecule has 2 heteroatoms. The average Bonchev–Trinajstić information content (AvgIpc) is 2.36. The number of ether oxygens (including phenoxy) is 1. The van der Waals surface area contributed by atoms with Gasteiger partial charge in [0.1, 0.15) is 0 Å². The molecule has 0 radical (unpaired) electrons. The first kappa shape index (κ1) is 12.6. The second kappa shape index (κ2) is 5.19. The van der Waals surface area contributed by atoms with Gasteiger partial charge in [-0.25, -0.2) is 0 Å². The molecule has 94 valence electrons. The maximum Gasteiger partial charge on any atom is 0.0721 e. The topological polar surface area (TPSA) is 21.3 Å². The second-order valence-corrected chi connectivity index (χ2v) is 5.67. The van der Waals surface area contributed by atoms with Gasteiger partial charge < -0.3 is 10.1 Å². The summed E-state index contributed by atoms with van der Waals surface area (Å²) in [6, 6.07) is 8.93. The summed E-state index contributed by atoms with van der Waals surface area (Å²) in [4.78, 5) is 0. The lowest BCUT2D eigenvalue weighted by atomic mass is 9.89. The molecule has 0 fully saturated rings. The summed E-state index contributed by atoms with van der Waals surface area (Å²) in [5, 5.41) is 3.64. The predicted molar refractivity (Wildman–Crippen MR) is 70.9 cm³/mol. The highest BCUT2D eigenvalue weighted by molar-refractivity contribution is 5.31. The van der Waals surface area contributed by atoms with Crippen molar-refractivity contribution in [3.8, 4) is 0 Å². The molecule has 0 saturated carbocycles. The average molecular weight is 233 g/mol. The molecule has 2 nitrogen and oxygen atoms in total. The minimum absolute atomic E-state index is 0.353. The zero-order chi connectivity index (χ0) is 12.3. The van der Waals surface area contributed by atoms with Crippen LogP contribution in [0, 0.1) is 5.41 Å². The van der Waals surface area contributed by atoms with Crippen molar-refractivity contribution in [2.75, 3.05) is 13.2 Å². The van der Waals surface area contributed by atoms with Crippen molar-refractivity contribution in [1.29, 1.82) is 0 Å². The van der Waals surface area contributed by atoms with E-state index >= 15 is 0 Å². The van der Waals surface area contributed by atoms with Crippen LogP contribution in [0.1, 0.15) is 44.4 Å². The van der Waals surface area contributed by atoms with Crippen molar-refractivity contribution < 1.29 is 4.74 Å². The van der Waals surface area contributed by atoms with Gasteiger partial charge in [0.2, 0.25) is 0 Å². The third-order valence-electron chi connectivity index (χ3n) is 3.76. The Bertz CT molecular complexity index is 373. The van der Waals surface area contributed by atoms with Crippen LogP contribution in [0.25, 0.3) is 0 Å². The van der Waals surface area contributed by atoms with Crippen LogP contribution in [0.4, 0.5) is 0 Å². The Morgan fingerprint density at radius 1 is 1.35 bits per heavy atom. The van der Waals surface area contributed by atoms with Crippen LogP contribution in [0.2, 0.25) is 0 Å². The Morgan fingerprint density at radius 2 is 2.12 bits per heavy atom. The summed E-state index contributed by atoms with van der Waals surface area (Å²) in [5.41, 5.74) is 3.09. The Kier molecular flexibility index (Phi) is 3.85. The molecule has 0 saturated heterocycles. The molecule has 0 aliphatic carbocycles. The van der Waals surface area contributed by atoms with Crippen molar-refractivity contribution in [1.82, 2.24) is 5.32 Å². The fourth-order valence-corrected chi connectivity index (χ4v) is 2.08. The zero-order valence-electron chi connectivity index (χ0n) is 11.1. The summed E-state index contributed by atoms with van der Waals surface area (Å²) >= 11 is 0. The van der Waals surface area contributed by atoms with Crippen molar-refractivity contribution >= 4 is 0 Å². The van der Waals surface area contributed by atoms with E-state index in [0.717, 1.165) is 19.8 Å². The van der Waals surface area contributed by atoms with Gasteiger partial charge >= 0.3 is 0 Å². The van der Waals surface area contributed by atoms with Gasteiger partial charge in [0.05, 0.1) is 19.3 Å². The van der Waals surface area contributed by atoms with Crippen LogP contribution < -0.4 is 5.32 Å². The van der Waals surface area contributed by atoms with Crippen molar-refractivity contribution in [2.45, 2.75) is 39.8 Å². The number of fused-ring (bicyclic) bond motifs is 1. The largest absolute Gasteiger partial charge is 0.375 e. The minimum Gasteiger partial charge on any atom is -0.375 e. The molecular formula is C15H23NO. The van der Waals surface area contributed by atoms with Gasteiger partial charge in [0, 0.05) is 6.54 Å². The fourth-order valence-electron chi connectivity index (χ4n) is 2.08. The number of nitrogens with one attached hydrogen (secondary N) is 1. The third kappa shape index (κ3) is 3.08. The van der Waals surface area contributed by atoms with Crippen LogP contribution in [-0.4, -0.2) is 13.2 Å². The lowest BCUT2D eigenvalue weighted by Gasteiger charge is -2.31. The first-order valence-corrected chi connectivity index (χ1v) is 6.51. The van der Waals surface area contributed by atoms with E-state index in [-0.39, 0.29) is 0 Å². The molecule has 2 rings (SSSR count). The maximum absolute atomic E-state index is 5.64. The Balaban J connectivity index is 2.04. The maximum atomic E-state index is 5.64. The van der Waals surface area contributed by atoms with Gasteiger partial charge in [-0.15, -0.1) is 0 Å². The van der Waals surface area contributed by atoms with E-state index in [0.29, 0.717) is 11.5 Å². The van der Waals surface area contributed by atoms with Gasteiger partial charge in [-0.3, -0.25) is 0 Å². The second-order valence-electron chi connectivity index (χ2n) is 5.67. The Morgan fingerprint density at radius 3 is 2.88 bits per heavy atom. The molecule has 1 atom stereocenters. The van der Waals surface area contributed by atoms with Crippen LogP contribution in [0.3, 0.4) is 0 Å². The van der Waals surface area contributed by atoms with Gasteiger partial charge in [0.15, 0.2) is 0 Å². The highest BCUT2D eigenvalue weighted by Crippen LogP contribution is 2.26. The van der Waals surface area contributed by atoms with Crippen molar-refractivity contribution in [3.05, 3.63) is 35.4 Å². The molecule has 1 aromatic rings. The molecule has 0 amide bonds. The molecule has 0 spiro atoms. The summed E-state index contributed by atoms with van der Waals surface area (Å²) < 4.78 is 5.64. The molecular weight excluding hydrogens is 210 g/mol. The van der Waals surface area contributed by atoms with Gasteiger partial charge in [-0.2, -0.15) is 0 Å². The van der Waals surface area contributed by atoms with E-state index in [1.807, 2.05) is 0 Å². The van der Waals surface area contributed by atoms with Gasteiger partial charge in [-0.1, -0.05) is 45.0 Å². The lowest BCUT2D eigenvalue weighted by molar-refractivity contribution is 0.0786. The van der Waals surface area contributed by atoms with Crippen LogP contribution >= 0.6 is 0 Å². The third-order valence-corrected chi connectivity index (χ3v) is 3.76. The molecule has 1 N–H and O–H groups in total. The van der Waals surface area contributed by atoms with Crippen LogP contribution in [0.15, 0.2) is 24.3 Å². The quantitative estimate of drug-likeness (QED) is 0.861. The summed E-state index contributed by atoms with van der Waals surface area (Å²) in [6.45, 7) is 9.42. The first-order valence-electron chi connectivity index (χ1n) is 6.51.